The first kappa shape index (κ1) is 26.9. The lowest BCUT2D eigenvalue weighted by Crippen LogP contribution is -2.49. The monoisotopic (exact) mass is 541 g/mol. The average Bonchev–Trinajstić information content (AvgIpc) is 3.42. The van der Waals surface area contributed by atoms with Crippen molar-refractivity contribution >= 4 is 34.0 Å². The molecule has 38 heavy (non-hydrogen) atoms. The number of hydrogen-bond donors (Lipinski definition) is 1. The normalized spacial score (nSPS) is 17.4. The van der Waals surface area contributed by atoms with Gasteiger partial charge in [0.15, 0.2) is 0 Å². The molecule has 2 fully saturated rings. The molecule has 5 rings (SSSR count). The highest BCUT2D eigenvalue weighted by Crippen LogP contribution is 2.38. The Bertz CT molecular complexity index is 1230. The van der Waals surface area contributed by atoms with Gasteiger partial charge in [-0.15, -0.1) is 0 Å². The van der Waals surface area contributed by atoms with Crippen LogP contribution in [0.2, 0.25) is 5.02 Å². The van der Waals surface area contributed by atoms with Gasteiger partial charge in [-0.25, -0.2) is 14.4 Å². The van der Waals surface area contributed by atoms with Crippen molar-refractivity contribution in [3.8, 4) is 11.5 Å². The Labute approximate surface area is 229 Å². The minimum absolute atomic E-state index is 0.0493. The van der Waals surface area contributed by atoms with E-state index < -0.39 is 5.82 Å². The summed E-state index contributed by atoms with van der Waals surface area (Å²) >= 11 is 6.00. The van der Waals surface area contributed by atoms with Gasteiger partial charge in [0.1, 0.15) is 29.5 Å². The number of rotatable bonds is 10. The van der Waals surface area contributed by atoms with E-state index in [2.05, 4.69) is 38.9 Å². The lowest BCUT2D eigenvalue weighted by Gasteiger charge is -2.36. The second kappa shape index (κ2) is 12.5. The summed E-state index contributed by atoms with van der Waals surface area (Å²) in [5.74, 6) is 1.56. The molecule has 9 heteroatoms. The smallest absolute Gasteiger partial charge is 0.145 e. The number of ether oxygens (including phenoxy) is 2. The predicted octanol–water partition coefficient (Wildman–Crippen LogP) is 6.28. The zero-order valence-electron chi connectivity index (χ0n) is 22.3. The molecule has 1 saturated heterocycles. The number of halogens is 2. The van der Waals surface area contributed by atoms with Crippen LogP contribution in [0.15, 0.2) is 36.7 Å². The molecule has 0 unspecified atom stereocenters. The van der Waals surface area contributed by atoms with Crippen molar-refractivity contribution in [1.29, 1.82) is 0 Å². The fourth-order valence-electron chi connectivity index (χ4n) is 5.28. The maximum absolute atomic E-state index is 13.7. The summed E-state index contributed by atoms with van der Waals surface area (Å²) in [5, 5.41) is 4.09. The highest BCUT2D eigenvalue weighted by molar-refractivity contribution is 6.31. The molecule has 1 saturated carbocycles. The molecule has 1 aliphatic carbocycles. The fraction of sp³-hybridized carbons (Fsp3) is 0.517. The Morgan fingerprint density at radius 3 is 2.61 bits per heavy atom. The molecule has 0 spiro atoms. The van der Waals surface area contributed by atoms with Crippen molar-refractivity contribution in [2.75, 3.05) is 44.6 Å². The van der Waals surface area contributed by atoms with Crippen molar-refractivity contribution in [1.82, 2.24) is 19.8 Å². The molecular formula is C29H37ClFN5O2. The summed E-state index contributed by atoms with van der Waals surface area (Å²) in [6.45, 7) is 10.7. The number of hydrogen-bond acceptors (Lipinski definition) is 7. The predicted molar refractivity (Wildman–Crippen MR) is 150 cm³/mol. The molecule has 0 amide bonds. The average molecular weight is 542 g/mol. The van der Waals surface area contributed by atoms with Crippen molar-refractivity contribution in [3.63, 3.8) is 0 Å². The van der Waals surface area contributed by atoms with Gasteiger partial charge in [-0.3, -0.25) is 4.90 Å². The largest absolute Gasteiger partial charge is 0.493 e. The van der Waals surface area contributed by atoms with Crippen molar-refractivity contribution in [2.45, 2.75) is 58.1 Å². The molecular weight excluding hydrogens is 505 g/mol. The van der Waals surface area contributed by atoms with E-state index in [-0.39, 0.29) is 11.1 Å². The highest BCUT2D eigenvalue weighted by atomic mass is 35.5. The maximum atomic E-state index is 13.7. The molecule has 2 heterocycles. The van der Waals surface area contributed by atoms with Gasteiger partial charge in [-0.05, 0) is 64.2 Å². The zero-order chi connectivity index (χ0) is 26.5. The van der Waals surface area contributed by atoms with Crippen LogP contribution in [0.5, 0.6) is 11.5 Å². The summed E-state index contributed by atoms with van der Waals surface area (Å²) in [7, 11) is 0. The van der Waals surface area contributed by atoms with Gasteiger partial charge in [-0.1, -0.05) is 11.6 Å². The van der Waals surface area contributed by atoms with E-state index >= 15 is 0 Å². The van der Waals surface area contributed by atoms with E-state index in [0.29, 0.717) is 29.9 Å². The summed E-state index contributed by atoms with van der Waals surface area (Å²) in [6.07, 6.45) is 7.02. The van der Waals surface area contributed by atoms with Gasteiger partial charge in [0.25, 0.3) is 0 Å². The topological polar surface area (TPSA) is 62.8 Å². The van der Waals surface area contributed by atoms with E-state index in [1.807, 2.05) is 12.1 Å². The quantitative estimate of drug-likeness (QED) is 0.303. The third kappa shape index (κ3) is 6.65. The highest BCUT2D eigenvalue weighted by Gasteiger charge is 2.21. The minimum atomic E-state index is -0.463. The first-order valence-electron chi connectivity index (χ1n) is 13.7. The van der Waals surface area contributed by atoms with E-state index in [1.54, 1.807) is 12.1 Å². The van der Waals surface area contributed by atoms with Crippen LogP contribution in [0.1, 0.15) is 46.0 Å². The van der Waals surface area contributed by atoms with Gasteiger partial charge >= 0.3 is 0 Å². The molecule has 2 aliphatic rings. The Kier molecular flexibility index (Phi) is 8.82. The lowest BCUT2D eigenvalue weighted by molar-refractivity contribution is 0.104. The van der Waals surface area contributed by atoms with Gasteiger partial charge < -0.3 is 19.7 Å². The van der Waals surface area contributed by atoms with Gasteiger partial charge in [0, 0.05) is 56.6 Å². The van der Waals surface area contributed by atoms with Crippen LogP contribution in [0, 0.1) is 5.82 Å². The molecule has 204 valence electrons. The zero-order valence-corrected chi connectivity index (χ0v) is 23.0. The minimum Gasteiger partial charge on any atom is -0.493 e. The van der Waals surface area contributed by atoms with Crippen molar-refractivity contribution in [3.05, 3.63) is 47.5 Å². The number of nitrogens with zero attached hydrogens (tertiary/aromatic N) is 4. The number of benzene rings is 2. The van der Waals surface area contributed by atoms with Crippen LogP contribution in [0.3, 0.4) is 0 Å². The Morgan fingerprint density at radius 2 is 1.87 bits per heavy atom. The Balaban J connectivity index is 1.30. The Morgan fingerprint density at radius 1 is 1.08 bits per heavy atom. The van der Waals surface area contributed by atoms with Crippen LogP contribution in [-0.2, 0) is 0 Å². The van der Waals surface area contributed by atoms with Crippen LogP contribution < -0.4 is 14.8 Å². The van der Waals surface area contributed by atoms with Crippen LogP contribution in [-0.4, -0.2) is 71.2 Å². The molecule has 0 radical (unpaired) electrons. The third-order valence-corrected chi connectivity index (χ3v) is 7.77. The maximum Gasteiger partial charge on any atom is 0.145 e. The van der Waals surface area contributed by atoms with Crippen LogP contribution >= 0.6 is 11.6 Å². The van der Waals surface area contributed by atoms with Gasteiger partial charge in [0.05, 0.1) is 28.6 Å². The summed E-state index contributed by atoms with van der Waals surface area (Å²) in [6, 6.07) is 9.01. The molecule has 1 N–H and O–H groups in total. The third-order valence-electron chi connectivity index (χ3n) is 7.48. The molecule has 1 aromatic heterocycles. The van der Waals surface area contributed by atoms with Gasteiger partial charge in [-0.2, -0.15) is 0 Å². The van der Waals surface area contributed by atoms with E-state index in [9.17, 15) is 4.39 Å². The number of nitrogens with one attached hydrogen (secondary N) is 1. The van der Waals surface area contributed by atoms with Crippen molar-refractivity contribution < 1.29 is 13.9 Å². The summed E-state index contributed by atoms with van der Waals surface area (Å²) in [5.41, 5.74) is 1.36. The SMILES string of the molecule is CC(C)N1CCN(CCCOc2cc(OC3CCCC3)c3c(Nc4ccc(F)c(Cl)c4)ncnc3c2)CC1. The first-order valence-corrected chi connectivity index (χ1v) is 14.1. The number of piperazine rings is 1. The number of aromatic nitrogens is 2. The van der Waals surface area contributed by atoms with Gasteiger partial charge in [0.2, 0.25) is 0 Å². The standard InChI is InChI=1S/C29H37ClFN5O2/c1-20(2)36-13-11-35(12-14-36)10-5-15-37-23-17-26-28(27(18-23)38-22-6-3-4-7-22)29(33-19-32-26)34-21-8-9-25(31)24(30)16-21/h8-9,16-20,22H,3-7,10-15H2,1-2H3,(H,32,33,34). The van der Waals surface area contributed by atoms with E-state index in [4.69, 9.17) is 21.1 Å². The van der Waals surface area contributed by atoms with E-state index in [0.717, 1.165) is 68.6 Å². The van der Waals surface area contributed by atoms with Crippen LogP contribution in [0.25, 0.3) is 10.9 Å². The molecule has 0 atom stereocenters. The van der Waals surface area contributed by atoms with E-state index in [1.165, 1.54) is 25.2 Å². The fourth-order valence-corrected chi connectivity index (χ4v) is 5.46. The first-order chi connectivity index (χ1) is 18.5. The molecule has 7 nitrogen and oxygen atoms in total. The molecule has 1 aliphatic heterocycles. The molecule has 0 bridgehead atoms. The molecule has 2 aromatic carbocycles. The summed E-state index contributed by atoms with van der Waals surface area (Å²) < 4.78 is 26.4. The second-order valence-electron chi connectivity index (χ2n) is 10.5. The molecule has 3 aromatic rings. The summed E-state index contributed by atoms with van der Waals surface area (Å²) in [4.78, 5) is 14.0. The van der Waals surface area contributed by atoms with Crippen molar-refractivity contribution in [2.24, 2.45) is 0 Å². The number of fused-ring (bicyclic) bond motifs is 1. The van der Waals surface area contributed by atoms with Crippen LogP contribution in [0.4, 0.5) is 15.9 Å². The second-order valence-corrected chi connectivity index (χ2v) is 10.9. The Hall–Kier alpha value is -2.68. The number of anilines is 2. The lowest BCUT2D eigenvalue weighted by atomic mass is 10.2.